The van der Waals surface area contributed by atoms with Crippen LogP contribution in [0.3, 0.4) is 0 Å². The summed E-state index contributed by atoms with van der Waals surface area (Å²) < 4.78 is 5.54. The molecule has 0 radical (unpaired) electrons. The Balaban J connectivity index is 2.06. The van der Waals surface area contributed by atoms with Crippen LogP contribution in [0.15, 0.2) is 36.8 Å². The van der Waals surface area contributed by atoms with Gasteiger partial charge >= 0.3 is 0 Å². The molecule has 0 aliphatic carbocycles. The molecular weight excluding hydrogens is 240 g/mol. The van der Waals surface area contributed by atoms with Crippen molar-refractivity contribution in [3.63, 3.8) is 0 Å². The van der Waals surface area contributed by atoms with Crippen LogP contribution in [-0.2, 0) is 0 Å². The summed E-state index contributed by atoms with van der Waals surface area (Å²) in [4.78, 5) is 12.6. The van der Waals surface area contributed by atoms with Gasteiger partial charge in [-0.25, -0.2) is 9.97 Å². The highest BCUT2D eigenvalue weighted by atomic mass is 16.5. The zero-order chi connectivity index (χ0) is 13.7. The molecule has 0 spiro atoms. The topological polar surface area (TPSA) is 59.9 Å². The van der Waals surface area contributed by atoms with E-state index in [0.29, 0.717) is 5.88 Å². The molecule has 2 rings (SSSR count). The van der Waals surface area contributed by atoms with E-state index >= 15 is 0 Å². The predicted molar refractivity (Wildman–Crippen MR) is 74.1 cm³/mol. The van der Waals surface area contributed by atoms with Crippen molar-refractivity contribution in [3.8, 4) is 5.88 Å². The number of ether oxygens (including phenoxy) is 1. The Morgan fingerprint density at radius 1 is 1.11 bits per heavy atom. The minimum atomic E-state index is 0.0722. The van der Waals surface area contributed by atoms with Crippen molar-refractivity contribution < 1.29 is 4.74 Å². The molecule has 0 aromatic carbocycles. The summed E-state index contributed by atoms with van der Waals surface area (Å²) in [6.07, 6.45) is 3.36. The van der Waals surface area contributed by atoms with Crippen LogP contribution in [0.2, 0.25) is 0 Å². The molecule has 5 nitrogen and oxygen atoms in total. The van der Waals surface area contributed by atoms with E-state index in [1.807, 2.05) is 39.0 Å². The van der Waals surface area contributed by atoms with Crippen LogP contribution in [0.4, 0.5) is 5.82 Å². The van der Waals surface area contributed by atoms with Gasteiger partial charge in [-0.3, -0.25) is 4.98 Å². The first-order valence-corrected chi connectivity index (χ1v) is 6.31. The van der Waals surface area contributed by atoms with Gasteiger partial charge in [0.05, 0.1) is 17.8 Å². The number of rotatable bonds is 5. The second-order valence-corrected chi connectivity index (χ2v) is 4.53. The molecule has 2 aromatic heterocycles. The summed E-state index contributed by atoms with van der Waals surface area (Å²) in [5, 5.41) is 3.28. The molecule has 0 saturated heterocycles. The molecule has 0 aliphatic rings. The third kappa shape index (κ3) is 3.91. The zero-order valence-electron chi connectivity index (χ0n) is 11.4. The van der Waals surface area contributed by atoms with Crippen molar-refractivity contribution in [3.05, 3.63) is 42.5 Å². The molecule has 2 aromatic rings. The molecule has 0 amide bonds. The second kappa shape index (κ2) is 6.13. The van der Waals surface area contributed by atoms with E-state index in [4.69, 9.17) is 4.74 Å². The van der Waals surface area contributed by atoms with E-state index in [-0.39, 0.29) is 12.1 Å². The number of anilines is 1. The third-order valence-electron chi connectivity index (χ3n) is 2.49. The van der Waals surface area contributed by atoms with Gasteiger partial charge in [-0.2, -0.15) is 0 Å². The maximum absolute atomic E-state index is 5.54. The molecule has 0 saturated carbocycles. The van der Waals surface area contributed by atoms with Crippen LogP contribution in [-0.4, -0.2) is 21.1 Å². The highest BCUT2D eigenvalue weighted by Gasteiger charge is 2.08. The van der Waals surface area contributed by atoms with E-state index in [2.05, 4.69) is 20.3 Å². The maximum atomic E-state index is 5.54. The second-order valence-electron chi connectivity index (χ2n) is 4.53. The highest BCUT2D eigenvalue weighted by Crippen LogP contribution is 2.18. The molecule has 1 unspecified atom stereocenters. The van der Waals surface area contributed by atoms with Gasteiger partial charge < -0.3 is 10.1 Å². The van der Waals surface area contributed by atoms with Gasteiger partial charge in [0.2, 0.25) is 5.88 Å². The maximum Gasteiger partial charge on any atom is 0.218 e. The zero-order valence-corrected chi connectivity index (χ0v) is 11.4. The lowest BCUT2D eigenvalue weighted by atomic mass is 10.2. The first-order chi connectivity index (χ1) is 9.15. The molecular formula is C14H18N4O. The van der Waals surface area contributed by atoms with Crippen LogP contribution in [0, 0.1) is 0 Å². The first kappa shape index (κ1) is 13.3. The minimum absolute atomic E-state index is 0.0722. The number of hydrogen-bond donors (Lipinski definition) is 1. The number of hydrogen-bond acceptors (Lipinski definition) is 5. The quantitative estimate of drug-likeness (QED) is 0.893. The molecule has 0 bridgehead atoms. The summed E-state index contributed by atoms with van der Waals surface area (Å²) in [5.41, 5.74) is 0.965. The van der Waals surface area contributed by atoms with Gasteiger partial charge in [-0.15, -0.1) is 0 Å². The van der Waals surface area contributed by atoms with E-state index in [0.717, 1.165) is 11.5 Å². The fourth-order valence-electron chi connectivity index (χ4n) is 1.65. The average Bonchev–Trinajstić information content (AvgIpc) is 2.39. The van der Waals surface area contributed by atoms with Crippen molar-refractivity contribution in [2.45, 2.75) is 32.9 Å². The van der Waals surface area contributed by atoms with Gasteiger partial charge in [0.1, 0.15) is 12.1 Å². The van der Waals surface area contributed by atoms with Crippen molar-refractivity contribution in [1.82, 2.24) is 15.0 Å². The molecule has 100 valence electrons. The van der Waals surface area contributed by atoms with Crippen LogP contribution < -0.4 is 10.1 Å². The molecule has 19 heavy (non-hydrogen) atoms. The van der Waals surface area contributed by atoms with Crippen LogP contribution in [0.25, 0.3) is 0 Å². The van der Waals surface area contributed by atoms with E-state index in [1.54, 1.807) is 12.3 Å². The summed E-state index contributed by atoms with van der Waals surface area (Å²) >= 11 is 0. The van der Waals surface area contributed by atoms with Crippen molar-refractivity contribution in [2.75, 3.05) is 5.32 Å². The Hall–Kier alpha value is -2.17. The van der Waals surface area contributed by atoms with Gasteiger partial charge in [0.25, 0.3) is 0 Å². The smallest absolute Gasteiger partial charge is 0.218 e. The van der Waals surface area contributed by atoms with Gasteiger partial charge in [0.15, 0.2) is 0 Å². The molecule has 1 atom stereocenters. The Morgan fingerprint density at radius 2 is 1.95 bits per heavy atom. The first-order valence-electron chi connectivity index (χ1n) is 6.31. The number of aromatic nitrogens is 3. The Morgan fingerprint density at radius 3 is 2.63 bits per heavy atom. The number of nitrogens with one attached hydrogen (secondary N) is 1. The SMILES string of the molecule is CC(C)Oc1cc(NC(C)c2ccccn2)ncn1. The fraction of sp³-hybridized carbons (Fsp3) is 0.357. The predicted octanol–water partition coefficient (Wildman–Crippen LogP) is 2.83. The van der Waals surface area contributed by atoms with E-state index in [9.17, 15) is 0 Å². The standard InChI is InChI=1S/C14H18N4O/c1-10(2)19-14-8-13(16-9-17-14)18-11(3)12-6-4-5-7-15-12/h4-11H,1-3H3,(H,16,17,18). The van der Waals surface area contributed by atoms with Crippen LogP contribution in [0.1, 0.15) is 32.5 Å². The summed E-state index contributed by atoms with van der Waals surface area (Å²) in [6.45, 7) is 5.96. The lowest BCUT2D eigenvalue weighted by Gasteiger charge is -2.14. The van der Waals surface area contributed by atoms with Crippen LogP contribution >= 0.6 is 0 Å². The Bertz CT molecular complexity index is 516. The molecule has 2 heterocycles. The molecule has 5 heteroatoms. The average molecular weight is 258 g/mol. The van der Waals surface area contributed by atoms with Gasteiger partial charge in [-0.1, -0.05) is 6.07 Å². The Kier molecular flexibility index (Phi) is 4.28. The van der Waals surface area contributed by atoms with Gasteiger partial charge in [-0.05, 0) is 32.9 Å². The fourth-order valence-corrected chi connectivity index (χ4v) is 1.65. The highest BCUT2D eigenvalue weighted by molar-refractivity contribution is 5.39. The van der Waals surface area contributed by atoms with Crippen molar-refractivity contribution in [2.24, 2.45) is 0 Å². The Labute approximate surface area is 113 Å². The lowest BCUT2D eigenvalue weighted by molar-refractivity contribution is 0.232. The third-order valence-corrected chi connectivity index (χ3v) is 2.49. The summed E-state index contributed by atoms with van der Waals surface area (Å²) in [6, 6.07) is 7.70. The molecule has 1 N–H and O–H groups in total. The minimum Gasteiger partial charge on any atom is -0.475 e. The van der Waals surface area contributed by atoms with Gasteiger partial charge in [0, 0.05) is 12.3 Å². The number of pyridine rings is 1. The lowest BCUT2D eigenvalue weighted by Crippen LogP contribution is -2.11. The van der Waals surface area contributed by atoms with Crippen molar-refractivity contribution >= 4 is 5.82 Å². The van der Waals surface area contributed by atoms with Crippen LogP contribution in [0.5, 0.6) is 5.88 Å². The van der Waals surface area contributed by atoms with Crippen molar-refractivity contribution in [1.29, 1.82) is 0 Å². The number of nitrogens with zero attached hydrogens (tertiary/aromatic N) is 3. The van der Waals surface area contributed by atoms with E-state index in [1.165, 1.54) is 6.33 Å². The molecule has 0 fully saturated rings. The monoisotopic (exact) mass is 258 g/mol. The largest absolute Gasteiger partial charge is 0.475 e. The normalized spacial score (nSPS) is 12.2. The summed E-state index contributed by atoms with van der Waals surface area (Å²) in [7, 11) is 0. The summed E-state index contributed by atoms with van der Waals surface area (Å²) in [5.74, 6) is 1.30. The van der Waals surface area contributed by atoms with E-state index < -0.39 is 0 Å². The molecule has 0 aliphatic heterocycles.